The summed E-state index contributed by atoms with van der Waals surface area (Å²) >= 11 is 0. The number of hydrogen-bond donors (Lipinski definition) is 2. The molecule has 180 valence electrons. The monoisotopic (exact) mass is 465 g/mol. The zero-order valence-corrected chi connectivity index (χ0v) is 19.7. The van der Waals surface area contributed by atoms with Crippen molar-refractivity contribution in [2.24, 2.45) is 0 Å². The van der Waals surface area contributed by atoms with Crippen LogP contribution in [0.1, 0.15) is 75.0 Å². The molecule has 0 radical (unpaired) electrons. The van der Waals surface area contributed by atoms with E-state index in [0.29, 0.717) is 24.7 Å². The number of pyridine rings is 1. The summed E-state index contributed by atoms with van der Waals surface area (Å²) in [5.41, 5.74) is 0.357. The van der Waals surface area contributed by atoms with E-state index in [1.165, 1.54) is 6.92 Å². The van der Waals surface area contributed by atoms with Crippen molar-refractivity contribution in [2.45, 2.75) is 77.3 Å². The first kappa shape index (κ1) is 23.6. The van der Waals surface area contributed by atoms with Crippen LogP contribution in [0.4, 0.5) is 0 Å². The lowest BCUT2D eigenvalue weighted by molar-refractivity contribution is -0.122. The number of aromatic nitrogens is 5. The predicted octanol–water partition coefficient (Wildman–Crippen LogP) is 2.89. The van der Waals surface area contributed by atoms with Crippen molar-refractivity contribution in [1.82, 2.24) is 35.3 Å². The normalized spacial score (nSPS) is 15.5. The Morgan fingerprint density at radius 2 is 1.94 bits per heavy atom. The predicted molar refractivity (Wildman–Crippen MR) is 124 cm³/mol. The lowest BCUT2D eigenvalue weighted by Crippen LogP contribution is -2.45. The fourth-order valence-electron chi connectivity index (χ4n) is 4.46. The molecule has 10 nitrogen and oxygen atoms in total. The van der Waals surface area contributed by atoms with Gasteiger partial charge in [0.05, 0.1) is 0 Å². The van der Waals surface area contributed by atoms with E-state index in [2.05, 4.69) is 30.7 Å². The van der Waals surface area contributed by atoms with Crippen LogP contribution < -0.4 is 10.6 Å². The summed E-state index contributed by atoms with van der Waals surface area (Å²) in [5, 5.41) is 10.2. The quantitative estimate of drug-likeness (QED) is 0.490. The molecule has 1 saturated carbocycles. The van der Waals surface area contributed by atoms with Crippen LogP contribution in [0.25, 0.3) is 5.82 Å². The van der Waals surface area contributed by atoms with Gasteiger partial charge in [-0.15, -0.1) is 0 Å². The van der Waals surface area contributed by atoms with Crippen LogP contribution in [0.5, 0.6) is 0 Å². The lowest BCUT2D eigenvalue weighted by Gasteiger charge is -2.30. The molecule has 1 aliphatic rings. The Hall–Kier alpha value is -3.56. The largest absolute Gasteiger partial charge is 0.352 e. The van der Waals surface area contributed by atoms with E-state index < -0.39 is 5.54 Å². The number of aryl methyl sites for hydroxylation is 2. The number of carbonyl (C=O) groups excluding carboxylic acids is 2. The van der Waals surface area contributed by atoms with Gasteiger partial charge in [0.1, 0.15) is 17.2 Å². The molecule has 0 aliphatic heterocycles. The molecule has 34 heavy (non-hydrogen) atoms. The molecule has 3 aromatic rings. The van der Waals surface area contributed by atoms with E-state index >= 15 is 0 Å². The van der Waals surface area contributed by atoms with Crippen LogP contribution >= 0.6 is 0 Å². The molecule has 3 aromatic heterocycles. The highest BCUT2D eigenvalue weighted by Gasteiger charge is 2.38. The van der Waals surface area contributed by atoms with Crippen molar-refractivity contribution in [1.29, 1.82) is 0 Å². The molecular weight excluding hydrogens is 434 g/mol. The van der Waals surface area contributed by atoms with Gasteiger partial charge in [-0.3, -0.25) is 14.2 Å². The molecular formula is C24H31N7O3. The second-order valence-corrected chi connectivity index (χ2v) is 8.83. The van der Waals surface area contributed by atoms with Crippen molar-refractivity contribution >= 4 is 11.8 Å². The zero-order chi connectivity index (χ0) is 24.0. The minimum atomic E-state index is -0.584. The van der Waals surface area contributed by atoms with Crippen LogP contribution in [-0.2, 0) is 28.1 Å². The molecule has 2 N–H and O–H groups in total. The van der Waals surface area contributed by atoms with Crippen LogP contribution in [0, 0.1) is 6.92 Å². The van der Waals surface area contributed by atoms with Crippen molar-refractivity contribution in [3.63, 3.8) is 0 Å². The number of nitrogens with one attached hydrogen (secondary N) is 2. The van der Waals surface area contributed by atoms with Crippen molar-refractivity contribution in [2.75, 3.05) is 0 Å². The lowest BCUT2D eigenvalue weighted by atomic mass is 9.89. The minimum Gasteiger partial charge on any atom is -0.352 e. The smallest absolute Gasteiger partial charge is 0.227 e. The Morgan fingerprint density at radius 1 is 1.15 bits per heavy atom. The summed E-state index contributed by atoms with van der Waals surface area (Å²) in [7, 11) is 0. The average molecular weight is 466 g/mol. The van der Waals surface area contributed by atoms with Gasteiger partial charge in [-0.05, 0) is 37.5 Å². The van der Waals surface area contributed by atoms with Crippen LogP contribution in [-0.4, -0.2) is 36.5 Å². The Balaban J connectivity index is 1.33. The van der Waals surface area contributed by atoms with Crippen molar-refractivity contribution in [3.8, 4) is 5.82 Å². The highest BCUT2D eigenvalue weighted by atomic mass is 16.5. The molecule has 4 rings (SSSR count). The van der Waals surface area contributed by atoms with Gasteiger partial charge >= 0.3 is 0 Å². The summed E-state index contributed by atoms with van der Waals surface area (Å²) in [5.74, 6) is 2.31. The van der Waals surface area contributed by atoms with Crippen LogP contribution in [0.2, 0.25) is 0 Å². The molecule has 0 bridgehead atoms. The summed E-state index contributed by atoms with van der Waals surface area (Å²) in [4.78, 5) is 37.4. The number of hydrogen-bond acceptors (Lipinski definition) is 7. The first-order valence-electron chi connectivity index (χ1n) is 11.8. The highest BCUT2D eigenvalue weighted by Crippen LogP contribution is 2.34. The van der Waals surface area contributed by atoms with Gasteiger partial charge in [0.15, 0.2) is 5.82 Å². The SMILES string of the molecule is CC(=O)NC1(c2noc(CCC(=O)NCc3ccnc(-n4ccnc4C)c3)n2)CCCCCC1. The fraction of sp³-hybridized carbons (Fsp3) is 0.500. The maximum atomic E-state index is 12.4. The summed E-state index contributed by atoms with van der Waals surface area (Å²) in [6, 6.07) is 3.79. The Labute approximate surface area is 198 Å². The third-order valence-electron chi connectivity index (χ3n) is 6.21. The van der Waals surface area contributed by atoms with E-state index in [4.69, 9.17) is 4.52 Å². The van der Waals surface area contributed by atoms with Crippen molar-refractivity contribution < 1.29 is 14.1 Å². The second kappa shape index (κ2) is 10.6. The number of amides is 2. The third-order valence-corrected chi connectivity index (χ3v) is 6.21. The fourth-order valence-corrected chi connectivity index (χ4v) is 4.46. The van der Waals surface area contributed by atoms with E-state index in [9.17, 15) is 9.59 Å². The molecule has 10 heteroatoms. The maximum absolute atomic E-state index is 12.4. The van der Waals surface area contributed by atoms with E-state index in [1.54, 1.807) is 12.4 Å². The van der Waals surface area contributed by atoms with Gasteiger partial charge in [0.25, 0.3) is 0 Å². The molecule has 0 aromatic carbocycles. The Morgan fingerprint density at radius 3 is 2.65 bits per heavy atom. The molecule has 0 unspecified atom stereocenters. The highest BCUT2D eigenvalue weighted by molar-refractivity contribution is 5.76. The summed E-state index contributed by atoms with van der Waals surface area (Å²) < 4.78 is 7.33. The summed E-state index contributed by atoms with van der Waals surface area (Å²) in [6.07, 6.45) is 11.7. The molecule has 0 spiro atoms. The average Bonchev–Trinajstić information content (AvgIpc) is 3.41. The molecule has 0 atom stereocenters. The molecule has 2 amide bonds. The Bertz CT molecular complexity index is 1130. The van der Waals surface area contributed by atoms with Gasteiger partial charge in [-0.25, -0.2) is 9.97 Å². The van der Waals surface area contributed by atoms with E-state index in [0.717, 1.165) is 55.7 Å². The van der Waals surface area contributed by atoms with Gasteiger partial charge in [0.2, 0.25) is 17.7 Å². The van der Waals surface area contributed by atoms with Gasteiger partial charge in [-0.1, -0.05) is 30.8 Å². The topological polar surface area (TPSA) is 128 Å². The number of rotatable bonds is 8. The summed E-state index contributed by atoms with van der Waals surface area (Å²) in [6.45, 7) is 3.82. The first-order chi connectivity index (χ1) is 16.4. The second-order valence-electron chi connectivity index (χ2n) is 8.83. The third kappa shape index (κ3) is 5.67. The molecule has 3 heterocycles. The number of nitrogens with zero attached hydrogens (tertiary/aromatic N) is 5. The standard InChI is InChI=1S/C24H31N7O3/c1-17-25-13-14-31(17)20-15-19(9-12-26-20)16-27-21(33)7-8-22-28-23(30-34-22)24(29-18(2)32)10-5-3-4-6-11-24/h9,12-15H,3-8,10-11,16H2,1-2H3,(H,27,33)(H,29,32). The first-order valence-corrected chi connectivity index (χ1v) is 11.8. The van der Waals surface area contributed by atoms with Gasteiger partial charge in [0, 0.05) is 44.9 Å². The van der Waals surface area contributed by atoms with Gasteiger partial charge in [-0.2, -0.15) is 4.98 Å². The van der Waals surface area contributed by atoms with Gasteiger partial charge < -0.3 is 15.2 Å². The van der Waals surface area contributed by atoms with Crippen LogP contribution in [0.15, 0.2) is 35.2 Å². The number of imidazole rings is 1. The zero-order valence-electron chi connectivity index (χ0n) is 19.7. The van der Waals surface area contributed by atoms with Crippen LogP contribution in [0.3, 0.4) is 0 Å². The van der Waals surface area contributed by atoms with Crippen molar-refractivity contribution in [3.05, 3.63) is 53.8 Å². The Kier molecular flexibility index (Phi) is 7.34. The maximum Gasteiger partial charge on any atom is 0.227 e. The van der Waals surface area contributed by atoms with E-state index in [1.807, 2.05) is 29.8 Å². The molecule has 1 fully saturated rings. The molecule has 0 saturated heterocycles. The molecule has 1 aliphatic carbocycles. The van der Waals surface area contributed by atoms with E-state index in [-0.39, 0.29) is 18.2 Å². The number of carbonyl (C=O) groups is 2. The minimum absolute atomic E-state index is 0.102.